The molecule has 8 heteroatoms. The summed E-state index contributed by atoms with van der Waals surface area (Å²) in [5, 5.41) is 12.2. The van der Waals surface area contributed by atoms with E-state index in [-0.39, 0.29) is 17.1 Å². The van der Waals surface area contributed by atoms with E-state index in [1.165, 1.54) is 11.1 Å². The summed E-state index contributed by atoms with van der Waals surface area (Å²) in [6.45, 7) is 7.59. The number of hydrogen-bond acceptors (Lipinski definition) is 5. The fraction of sp³-hybridized carbons (Fsp3) is 0.385. The average Bonchev–Trinajstić information content (AvgIpc) is 3.34. The van der Waals surface area contributed by atoms with Gasteiger partial charge in [-0.25, -0.2) is 4.98 Å². The number of aryl methyl sites for hydroxylation is 2. The summed E-state index contributed by atoms with van der Waals surface area (Å²) in [5.41, 5.74) is 4.58. The minimum atomic E-state index is -4.08. The van der Waals surface area contributed by atoms with Gasteiger partial charge in [-0.1, -0.05) is 92.2 Å². The summed E-state index contributed by atoms with van der Waals surface area (Å²) in [4.78, 5) is 16.6. The van der Waals surface area contributed by atoms with Crippen molar-refractivity contribution in [2.75, 3.05) is 5.75 Å². The summed E-state index contributed by atoms with van der Waals surface area (Å²) in [7, 11) is -4.08. The van der Waals surface area contributed by atoms with Crippen LogP contribution in [-0.2, 0) is 33.4 Å². The Hall–Kier alpha value is -3.36. The van der Waals surface area contributed by atoms with E-state index >= 15 is 0 Å². The third-order valence-corrected chi connectivity index (χ3v) is 11.3. The van der Waals surface area contributed by atoms with E-state index < -0.39 is 26.9 Å². The number of aromatic nitrogens is 1. The van der Waals surface area contributed by atoms with E-state index in [2.05, 4.69) is 42.5 Å². The molecule has 3 aromatic carbocycles. The lowest BCUT2D eigenvalue weighted by Crippen LogP contribution is -2.42. The van der Waals surface area contributed by atoms with Crippen LogP contribution in [0.2, 0.25) is 5.02 Å². The van der Waals surface area contributed by atoms with Gasteiger partial charge in [-0.3, -0.25) is 9.35 Å². The number of hydrogen-bond donors (Lipinski definition) is 2. The Kier molecular flexibility index (Phi) is 10.1. The number of carbonyl (C=O) groups is 1. The summed E-state index contributed by atoms with van der Waals surface area (Å²) in [6.07, 6.45) is 9.09. The molecule has 248 valence electrons. The molecular formula is C39H44ClNO5S. The molecule has 0 spiro atoms. The number of carbonyl (C=O) groups excluding carboxylic acids is 1. The largest absolute Gasteiger partial charge is 0.386 e. The first-order valence-electron chi connectivity index (χ1n) is 16.2. The van der Waals surface area contributed by atoms with Gasteiger partial charge in [0.15, 0.2) is 0 Å². The molecule has 2 fully saturated rings. The number of aliphatic hydroxyl groups is 1. The molecule has 2 N–H and O–H groups in total. The lowest BCUT2D eigenvalue weighted by molar-refractivity contribution is -0.128. The van der Waals surface area contributed by atoms with Gasteiger partial charge in [-0.2, -0.15) is 8.42 Å². The maximum Gasteiger partial charge on any atom is 0.265 e. The Morgan fingerprint density at radius 2 is 1.72 bits per heavy atom. The molecule has 2 aliphatic rings. The quantitative estimate of drug-likeness (QED) is 0.172. The van der Waals surface area contributed by atoms with Crippen LogP contribution >= 0.6 is 11.6 Å². The van der Waals surface area contributed by atoms with E-state index in [1.54, 1.807) is 0 Å². The van der Waals surface area contributed by atoms with Gasteiger partial charge in [0.2, 0.25) is 0 Å². The smallest absolute Gasteiger partial charge is 0.265 e. The van der Waals surface area contributed by atoms with Crippen LogP contribution < -0.4 is 0 Å². The van der Waals surface area contributed by atoms with Crippen molar-refractivity contribution < 1.29 is 22.9 Å². The molecule has 2 bridgehead atoms. The molecule has 6 nitrogen and oxygen atoms in total. The number of pyridine rings is 1. The first-order valence-corrected chi connectivity index (χ1v) is 18.2. The highest BCUT2D eigenvalue weighted by molar-refractivity contribution is 7.85. The molecule has 0 saturated heterocycles. The molecule has 2 saturated carbocycles. The van der Waals surface area contributed by atoms with Gasteiger partial charge < -0.3 is 5.11 Å². The Balaban J connectivity index is 0.000000241. The summed E-state index contributed by atoms with van der Waals surface area (Å²) in [5.74, 6) is -0.101. The minimum Gasteiger partial charge on any atom is -0.386 e. The van der Waals surface area contributed by atoms with Crippen LogP contribution in [-0.4, -0.2) is 34.6 Å². The van der Waals surface area contributed by atoms with Crippen molar-refractivity contribution in [2.24, 2.45) is 16.7 Å². The van der Waals surface area contributed by atoms with Crippen LogP contribution in [0.4, 0.5) is 0 Å². The number of Topliss-reactive ketones (excluding diaryl/α,β-unsaturated/α-hetero) is 1. The van der Waals surface area contributed by atoms with Crippen LogP contribution in [0.1, 0.15) is 81.3 Å². The molecule has 1 aromatic heterocycles. The molecule has 0 amide bonds. The Bertz CT molecular complexity index is 1910. The topological polar surface area (TPSA) is 105 Å². The first kappa shape index (κ1) is 35.0. The Morgan fingerprint density at radius 1 is 0.979 bits per heavy atom. The van der Waals surface area contributed by atoms with Crippen molar-refractivity contribution in [1.29, 1.82) is 0 Å². The van der Waals surface area contributed by atoms with Crippen molar-refractivity contribution in [3.8, 4) is 0 Å². The molecule has 4 aromatic rings. The fourth-order valence-electron chi connectivity index (χ4n) is 7.47. The van der Waals surface area contributed by atoms with Crippen LogP contribution in [0, 0.1) is 16.7 Å². The Morgan fingerprint density at radius 3 is 2.40 bits per heavy atom. The van der Waals surface area contributed by atoms with Gasteiger partial charge in [-0.05, 0) is 104 Å². The molecule has 1 heterocycles. The highest BCUT2D eigenvalue weighted by atomic mass is 35.5. The lowest BCUT2D eigenvalue weighted by atomic mass is 9.70. The zero-order valence-corrected chi connectivity index (χ0v) is 29.1. The predicted octanol–water partition coefficient (Wildman–Crippen LogP) is 8.73. The van der Waals surface area contributed by atoms with Gasteiger partial charge in [0.25, 0.3) is 10.1 Å². The number of benzene rings is 3. The zero-order chi connectivity index (χ0) is 34.0. The zero-order valence-electron chi connectivity index (χ0n) is 27.5. The third-order valence-electron chi connectivity index (χ3n) is 10.2. The highest BCUT2D eigenvalue weighted by Gasteiger charge is 2.65. The first-order chi connectivity index (χ1) is 22.1. The molecule has 2 atom stereocenters. The van der Waals surface area contributed by atoms with E-state index in [4.69, 9.17) is 21.1 Å². The molecular weight excluding hydrogens is 630 g/mol. The van der Waals surface area contributed by atoms with E-state index in [0.717, 1.165) is 53.4 Å². The van der Waals surface area contributed by atoms with Gasteiger partial charge >= 0.3 is 0 Å². The summed E-state index contributed by atoms with van der Waals surface area (Å²) < 4.78 is 31.0. The number of fused-ring (bicyclic) bond motifs is 3. The fourth-order valence-corrected chi connectivity index (χ4v) is 8.94. The number of nitrogens with zero attached hydrogens (tertiary/aromatic N) is 1. The van der Waals surface area contributed by atoms with E-state index in [9.17, 15) is 18.3 Å². The van der Waals surface area contributed by atoms with Gasteiger partial charge in [-0.15, -0.1) is 0 Å². The van der Waals surface area contributed by atoms with Gasteiger partial charge in [0.05, 0.1) is 28.0 Å². The average molecular weight is 674 g/mol. The lowest BCUT2D eigenvalue weighted by Gasteiger charge is -2.35. The Labute approximate surface area is 283 Å². The predicted molar refractivity (Wildman–Crippen MR) is 191 cm³/mol. The standard InChI is InChI=1S/C29H28ClNO.C10H16O4S/c1-29(2,32)27-12-4-3-10-23(27)11-6-9-21-7-5-8-22(19-21)13-17-26-18-15-24-14-16-25(30)20-28(24)31-26;1-9(2)7-3-4-10(9,8(11)5-7)6-15(12,13)14/h3-5,7-8,10,12-20,32H,6,9,11H2,1-2H3;7H,3-6H2,1-2H3,(H,12,13,14)/b17-13+;. The van der Waals surface area contributed by atoms with Crippen LogP contribution in [0.5, 0.6) is 0 Å². The maximum atomic E-state index is 11.9. The van der Waals surface area contributed by atoms with Crippen LogP contribution in [0.3, 0.4) is 0 Å². The second-order valence-electron chi connectivity index (χ2n) is 14.1. The minimum absolute atomic E-state index is 0.0152. The van der Waals surface area contributed by atoms with Crippen molar-refractivity contribution in [3.05, 3.63) is 112 Å². The van der Waals surface area contributed by atoms with Crippen molar-refractivity contribution in [1.82, 2.24) is 4.98 Å². The second-order valence-corrected chi connectivity index (χ2v) is 16.0. The number of rotatable bonds is 9. The highest BCUT2D eigenvalue weighted by Crippen LogP contribution is 2.64. The monoisotopic (exact) mass is 673 g/mol. The SMILES string of the molecule is CC(C)(O)c1ccccc1CCCc1cccc(/C=C/c2ccc3ccc(Cl)cc3n2)c1.CC1(C)C2CCC1(CS(=O)(=O)O)C(=O)C2. The summed E-state index contributed by atoms with van der Waals surface area (Å²) in [6, 6.07) is 26.7. The molecule has 2 aliphatic carbocycles. The number of halogens is 1. The van der Waals surface area contributed by atoms with E-state index in [0.29, 0.717) is 17.9 Å². The molecule has 6 rings (SSSR count). The van der Waals surface area contributed by atoms with Crippen LogP contribution in [0.25, 0.3) is 23.1 Å². The van der Waals surface area contributed by atoms with Crippen molar-refractivity contribution >= 4 is 50.6 Å². The van der Waals surface area contributed by atoms with Crippen LogP contribution in [0.15, 0.2) is 78.9 Å². The second kappa shape index (κ2) is 13.6. The maximum absolute atomic E-state index is 11.9. The van der Waals surface area contributed by atoms with Crippen molar-refractivity contribution in [3.63, 3.8) is 0 Å². The molecule has 0 radical (unpaired) electrons. The van der Waals surface area contributed by atoms with Gasteiger partial charge in [0, 0.05) is 16.8 Å². The summed E-state index contributed by atoms with van der Waals surface area (Å²) >= 11 is 6.10. The number of ketones is 1. The molecule has 47 heavy (non-hydrogen) atoms. The third kappa shape index (κ3) is 8.03. The van der Waals surface area contributed by atoms with E-state index in [1.807, 2.05) is 76.2 Å². The molecule has 2 unspecified atom stereocenters. The van der Waals surface area contributed by atoms with Gasteiger partial charge in [0.1, 0.15) is 5.78 Å². The molecule has 0 aliphatic heterocycles. The van der Waals surface area contributed by atoms with Crippen molar-refractivity contribution in [2.45, 2.75) is 71.8 Å². The normalized spacial score (nSPS) is 20.5.